The zero-order chi connectivity index (χ0) is 14.7. The highest BCUT2D eigenvalue weighted by Crippen LogP contribution is 2.34. The summed E-state index contributed by atoms with van der Waals surface area (Å²) in [6, 6.07) is 6.12. The van der Waals surface area contributed by atoms with E-state index in [4.69, 9.17) is 4.74 Å². The number of ether oxygens (including phenoxy) is 1. The van der Waals surface area contributed by atoms with Crippen LogP contribution < -0.4 is 10.1 Å². The van der Waals surface area contributed by atoms with E-state index in [-0.39, 0.29) is 5.91 Å². The molecule has 1 amide bonds. The molecule has 0 saturated heterocycles. The van der Waals surface area contributed by atoms with Crippen LogP contribution in [0.3, 0.4) is 0 Å². The molecule has 0 saturated carbocycles. The van der Waals surface area contributed by atoms with E-state index in [0.717, 1.165) is 12.2 Å². The Morgan fingerprint density at radius 2 is 2.25 bits per heavy atom. The fourth-order valence-electron chi connectivity index (χ4n) is 2.33. The number of nitrogens with one attached hydrogen (secondary N) is 1. The van der Waals surface area contributed by atoms with Crippen molar-refractivity contribution in [1.82, 2.24) is 9.29 Å². The minimum absolute atomic E-state index is 0.00670. The molecule has 0 unspecified atom stereocenters. The van der Waals surface area contributed by atoms with Gasteiger partial charge in [-0.2, -0.15) is 0 Å². The minimum atomic E-state index is 0.00670. The summed E-state index contributed by atoms with van der Waals surface area (Å²) in [7, 11) is 3.33. The lowest BCUT2D eigenvalue weighted by Gasteiger charge is -2.04. The lowest BCUT2D eigenvalue weighted by Crippen LogP contribution is -2.22. The van der Waals surface area contributed by atoms with Crippen molar-refractivity contribution in [2.24, 2.45) is 0 Å². The Balaban J connectivity index is 2.44. The summed E-state index contributed by atoms with van der Waals surface area (Å²) < 4.78 is 7.52. The molecule has 0 aliphatic heterocycles. The van der Waals surface area contributed by atoms with Crippen molar-refractivity contribution in [2.45, 2.75) is 20.3 Å². The van der Waals surface area contributed by atoms with Gasteiger partial charge in [-0.05, 0) is 37.1 Å². The predicted molar refractivity (Wildman–Crippen MR) is 92.6 cm³/mol. The molecule has 0 aliphatic carbocycles. The molecule has 2 aromatic rings. The molecular weight excluding hydrogens is 387 g/mol. The Morgan fingerprint density at radius 1 is 1.50 bits per heavy atom. The molecule has 0 aliphatic rings. The van der Waals surface area contributed by atoms with Crippen LogP contribution in [0.5, 0.6) is 5.75 Å². The fourth-order valence-corrected chi connectivity index (χ4v) is 4.30. The van der Waals surface area contributed by atoms with Crippen molar-refractivity contribution < 1.29 is 9.53 Å². The van der Waals surface area contributed by atoms with Gasteiger partial charge in [0.1, 0.15) is 5.75 Å². The Labute approximate surface area is 135 Å². The number of amides is 1. The molecule has 108 valence electrons. The van der Waals surface area contributed by atoms with Crippen molar-refractivity contribution in [2.75, 3.05) is 13.7 Å². The number of carbonyl (C=O) groups is 1. The lowest BCUT2D eigenvalue weighted by atomic mass is 10.1. The molecule has 1 N–H and O–H groups in total. The number of halogens is 1. The van der Waals surface area contributed by atoms with E-state index in [2.05, 4.69) is 49.6 Å². The van der Waals surface area contributed by atoms with Crippen molar-refractivity contribution >= 4 is 47.1 Å². The van der Waals surface area contributed by atoms with Gasteiger partial charge in [-0.25, -0.2) is 0 Å². The second-order valence-electron chi connectivity index (χ2n) is 4.54. The van der Waals surface area contributed by atoms with E-state index in [9.17, 15) is 4.79 Å². The molecule has 0 atom stereocenters. The third-order valence-corrected chi connectivity index (χ3v) is 5.10. The summed E-state index contributed by atoms with van der Waals surface area (Å²) >= 11 is 2.29. The van der Waals surface area contributed by atoms with Gasteiger partial charge in [-0.15, -0.1) is 0 Å². The van der Waals surface area contributed by atoms with Gasteiger partial charge in [0, 0.05) is 54.9 Å². The molecule has 4 nitrogen and oxygen atoms in total. The molecule has 1 aromatic heterocycles. The monoisotopic (exact) mass is 404 g/mol. The number of rotatable bonds is 5. The molecule has 0 spiro atoms. The average molecular weight is 404 g/mol. The van der Waals surface area contributed by atoms with Gasteiger partial charge in [0.25, 0.3) is 0 Å². The van der Waals surface area contributed by atoms with Crippen molar-refractivity contribution in [1.29, 1.82) is 0 Å². The third kappa shape index (κ3) is 3.06. The molecule has 2 rings (SSSR count). The van der Waals surface area contributed by atoms with Crippen LogP contribution in [0.15, 0.2) is 18.2 Å². The Kier molecular flexibility index (Phi) is 5.20. The standard InChI is InChI=1S/C14H17IN2O2S/c1-9-12(6-7-16-10(2)18)13-8-11(19-3)4-5-14(13)17(9)20-15/h4-5,8H,6-7H2,1-3H3,(H,16,18). The zero-order valence-corrected chi connectivity index (χ0v) is 14.7. The molecule has 1 heterocycles. The minimum Gasteiger partial charge on any atom is -0.497 e. The highest BCUT2D eigenvalue weighted by molar-refractivity contribution is 14.2. The first-order valence-corrected chi connectivity index (χ1v) is 9.61. The molecule has 0 fully saturated rings. The van der Waals surface area contributed by atoms with Crippen LogP contribution in [0.1, 0.15) is 18.2 Å². The van der Waals surface area contributed by atoms with Gasteiger partial charge in [-0.3, -0.25) is 8.77 Å². The first-order chi connectivity index (χ1) is 9.58. The maximum absolute atomic E-state index is 11.0. The number of fused-ring (bicyclic) bond motifs is 1. The van der Waals surface area contributed by atoms with Gasteiger partial charge in [0.05, 0.1) is 12.6 Å². The van der Waals surface area contributed by atoms with Gasteiger partial charge in [0.2, 0.25) is 5.91 Å². The summed E-state index contributed by atoms with van der Waals surface area (Å²) in [5, 5.41) is 4.04. The Morgan fingerprint density at radius 3 is 2.85 bits per heavy atom. The van der Waals surface area contributed by atoms with Crippen LogP contribution in [0.4, 0.5) is 0 Å². The van der Waals surface area contributed by atoms with Crippen LogP contribution >= 0.6 is 30.3 Å². The number of aromatic nitrogens is 1. The normalized spacial score (nSPS) is 10.8. The van der Waals surface area contributed by atoms with Crippen LogP contribution in [-0.2, 0) is 11.2 Å². The quantitative estimate of drug-likeness (QED) is 0.777. The van der Waals surface area contributed by atoms with Crippen molar-refractivity contribution in [3.8, 4) is 5.75 Å². The molecule has 20 heavy (non-hydrogen) atoms. The highest BCUT2D eigenvalue weighted by atomic mass is 127. The first kappa shape index (κ1) is 15.5. The Bertz CT molecular complexity index is 640. The smallest absolute Gasteiger partial charge is 0.216 e. The van der Waals surface area contributed by atoms with Crippen LogP contribution in [-0.4, -0.2) is 23.5 Å². The van der Waals surface area contributed by atoms with Crippen LogP contribution in [0.25, 0.3) is 10.9 Å². The molecule has 0 bridgehead atoms. The molecule has 1 aromatic carbocycles. The van der Waals surface area contributed by atoms with Crippen LogP contribution in [0, 0.1) is 6.92 Å². The average Bonchev–Trinajstić information content (AvgIpc) is 2.70. The molecular formula is C14H17IN2O2S. The van der Waals surface area contributed by atoms with E-state index in [1.807, 2.05) is 6.07 Å². The summed E-state index contributed by atoms with van der Waals surface area (Å²) in [5.74, 6) is 0.862. The molecule has 6 heteroatoms. The van der Waals surface area contributed by atoms with Gasteiger partial charge < -0.3 is 10.1 Å². The van der Waals surface area contributed by atoms with Gasteiger partial charge in [0.15, 0.2) is 0 Å². The fraction of sp³-hybridized carbons (Fsp3) is 0.357. The van der Waals surface area contributed by atoms with Gasteiger partial charge in [-0.1, -0.05) is 0 Å². The van der Waals surface area contributed by atoms with Crippen molar-refractivity contribution in [3.05, 3.63) is 29.5 Å². The number of nitrogens with zero attached hydrogens (tertiary/aromatic N) is 1. The number of hydrogen-bond acceptors (Lipinski definition) is 3. The van der Waals surface area contributed by atoms with Crippen molar-refractivity contribution in [3.63, 3.8) is 0 Å². The largest absolute Gasteiger partial charge is 0.497 e. The summed E-state index contributed by atoms with van der Waals surface area (Å²) in [5.41, 5.74) is 3.66. The highest BCUT2D eigenvalue weighted by Gasteiger charge is 2.14. The summed E-state index contributed by atoms with van der Waals surface area (Å²) in [6.07, 6.45) is 0.819. The van der Waals surface area contributed by atoms with E-state index in [1.54, 1.807) is 23.2 Å². The summed E-state index contributed by atoms with van der Waals surface area (Å²) in [4.78, 5) is 11.0. The van der Waals surface area contributed by atoms with E-state index in [0.29, 0.717) is 6.54 Å². The molecule has 0 radical (unpaired) electrons. The number of methoxy groups -OCH3 is 1. The zero-order valence-electron chi connectivity index (χ0n) is 11.7. The van der Waals surface area contributed by atoms with E-state index in [1.165, 1.54) is 22.2 Å². The number of carbonyl (C=O) groups excluding carboxylic acids is 1. The van der Waals surface area contributed by atoms with E-state index < -0.39 is 0 Å². The maximum atomic E-state index is 11.0. The maximum Gasteiger partial charge on any atom is 0.216 e. The summed E-state index contributed by atoms with van der Waals surface area (Å²) in [6.45, 7) is 4.31. The lowest BCUT2D eigenvalue weighted by molar-refractivity contribution is -0.118. The third-order valence-electron chi connectivity index (χ3n) is 3.31. The predicted octanol–water partition coefficient (Wildman–Crippen LogP) is 3.48. The SMILES string of the molecule is COc1ccc2c(c1)c(CCNC(C)=O)c(C)n2SI. The van der Waals surface area contributed by atoms with E-state index >= 15 is 0 Å². The van der Waals surface area contributed by atoms with Crippen LogP contribution in [0.2, 0.25) is 0 Å². The second kappa shape index (κ2) is 6.71. The number of benzene rings is 1. The Hall–Kier alpha value is -0.890. The first-order valence-electron chi connectivity index (χ1n) is 6.30. The number of hydrogen-bond donors (Lipinski definition) is 1. The van der Waals surface area contributed by atoms with Gasteiger partial charge >= 0.3 is 0 Å². The topological polar surface area (TPSA) is 43.3 Å². The second-order valence-corrected chi connectivity index (χ2v) is 6.23.